The highest BCUT2D eigenvalue weighted by molar-refractivity contribution is 6.31. The summed E-state index contributed by atoms with van der Waals surface area (Å²) in [6.07, 6.45) is 4.43. The standard InChI is InChI=1S/C14H21ClN2O/c1-9-5-6-10(12(18)7-9)14(2,3)13-11(15)8-16-17(13)4/h8-10H,5-7H2,1-4H3. The van der Waals surface area contributed by atoms with Crippen molar-refractivity contribution in [1.29, 1.82) is 0 Å². The lowest BCUT2D eigenvalue weighted by Gasteiger charge is -2.37. The number of carbonyl (C=O) groups is 1. The Morgan fingerprint density at radius 2 is 2.11 bits per heavy atom. The van der Waals surface area contributed by atoms with Crippen LogP contribution in [0.3, 0.4) is 0 Å². The van der Waals surface area contributed by atoms with Crippen molar-refractivity contribution in [3.05, 3.63) is 16.9 Å². The van der Waals surface area contributed by atoms with Gasteiger partial charge in [0.1, 0.15) is 5.78 Å². The van der Waals surface area contributed by atoms with Gasteiger partial charge in [0.25, 0.3) is 0 Å². The molecule has 2 atom stereocenters. The number of ketones is 1. The monoisotopic (exact) mass is 268 g/mol. The Balaban J connectivity index is 2.34. The predicted octanol–water partition coefficient (Wildman–Crippen LogP) is 3.36. The zero-order chi connectivity index (χ0) is 13.5. The fourth-order valence-electron chi connectivity index (χ4n) is 3.26. The van der Waals surface area contributed by atoms with Gasteiger partial charge in [0.15, 0.2) is 0 Å². The summed E-state index contributed by atoms with van der Waals surface area (Å²) in [7, 11) is 1.89. The molecule has 0 aliphatic heterocycles. The van der Waals surface area contributed by atoms with Gasteiger partial charge >= 0.3 is 0 Å². The van der Waals surface area contributed by atoms with E-state index in [1.54, 1.807) is 10.9 Å². The summed E-state index contributed by atoms with van der Waals surface area (Å²) in [6, 6.07) is 0. The first kappa shape index (κ1) is 13.6. The highest BCUT2D eigenvalue weighted by atomic mass is 35.5. The van der Waals surface area contributed by atoms with Crippen LogP contribution in [0, 0.1) is 11.8 Å². The predicted molar refractivity (Wildman–Crippen MR) is 72.8 cm³/mol. The van der Waals surface area contributed by atoms with Crippen LogP contribution < -0.4 is 0 Å². The minimum absolute atomic E-state index is 0.0570. The first-order valence-electron chi connectivity index (χ1n) is 6.54. The topological polar surface area (TPSA) is 34.9 Å². The average Bonchev–Trinajstić information content (AvgIpc) is 2.58. The molecule has 0 saturated heterocycles. The van der Waals surface area contributed by atoms with Crippen molar-refractivity contribution in [2.24, 2.45) is 18.9 Å². The first-order chi connectivity index (χ1) is 8.34. The summed E-state index contributed by atoms with van der Waals surface area (Å²) in [5.74, 6) is 0.948. The van der Waals surface area contributed by atoms with Crippen LogP contribution in [0.2, 0.25) is 5.02 Å². The molecule has 1 aliphatic rings. The number of halogens is 1. The third-order valence-corrected chi connectivity index (χ3v) is 4.54. The zero-order valence-electron chi connectivity index (χ0n) is 11.5. The summed E-state index contributed by atoms with van der Waals surface area (Å²) in [5, 5.41) is 4.85. The maximum Gasteiger partial charge on any atom is 0.137 e. The van der Waals surface area contributed by atoms with Crippen LogP contribution in [0.1, 0.15) is 45.7 Å². The van der Waals surface area contributed by atoms with Crippen molar-refractivity contribution < 1.29 is 4.79 Å². The molecule has 1 fully saturated rings. The molecule has 0 spiro atoms. The fraction of sp³-hybridized carbons (Fsp3) is 0.714. The number of hydrogen-bond acceptors (Lipinski definition) is 2. The fourth-order valence-corrected chi connectivity index (χ4v) is 3.67. The van der Waals surface area contributed by atoms with Crippen molar-refractivity contribution in [1.82, 2.24) is 9.78 Å². The molecular formula is C14H21ClN2O. The van der Waals surface area contributed by atoms with Gasteiger partial charge in [-0.05, 0) is 18.8 Å². The van der Waals surface area contributed by atoms with E-state index in [-0.39, 0.29) is 11.3 Å². The molecular weight excluding hydrogens is 248 g/mol. The van der Waals surface area contributed by atoms with Crippen molar-refractivity contribution in [3.63, 3.8) is 0 Å². The molecule has 2 unspecified atom stereocenters. The third kappa shape index (κ3) is 2.20. The zero-order valence-corrected chi connectivity index (χ0v) is 12.3. The van der Waals surface area contributed by atoms with Crippen LogP contribution in [-0.2, 0) is 17.3 Å². The van der Waals surface area contributed by atoms with Gasteiger partial charge in [-0.1, -0.05) is 32.4 Å². The quantitative estimate of drug-likeness (QED) is 0.824. The number of carbonyl (C=O) groups excluding carboxylic acids is 1. The number of Topliss-reactive ketones (excluding diaryl/α,β-unsaturated/α-hetero) is 1. The highest BCUT2D eigenvalue weighted by Gasteiger charge is 2.41. The Morgan fingerprint density at radius 3 is 2.61 bits per heavy atom. The molecule has 3 nitrogen and oxygen atoms in total. The second-order valence-corrected chi connectivity index (χ2v) is 6.50. The minimum atomic E-state index is -0.250. The number of aromatic nitrogens is 2. The van der Waals surface area contributed by atoms with Gasteiger partial charge in [-0.25, -0.2) is 0 Å². The van der Waals surface area contributed by atoms with E-state index in [4.69, 9.17) is 11.6 Å². The lowest BCUT2D eigenvalue weighted by molar-refractivity contribution is -0.128. The molecule has 1 heterocycles. The molecule has 0 aromatic carbocycles. The lowest BCUT2D eigenvalue weighted by atomic mass is 9.67. The van der Waals surface area contributed by atoms with Crippen molar-refractivity contribution in [2.75, 3.05) is 0 Å². The maximum absolute atomic E-state index is 12.3. The van der Waals surface area contributed by atoms with Crippen molar-refractivity contribution in [2.45, 2.75) is 45.4 Å². The third-order valence-electron chi connectivity index (χ3n) is 4.26. The van der Waals surface area contributed by atoms with E-state index in [1.165, 1.54) is 0 Å². The van der Waals surface area contributed by atoms with Gasteiger partial charge in [0, 0.05) is 24.8 Å². The SMILES string of the molecule is CC1CCC(C(C)(C)c2c(Cl)cnn2C)C(=O)C1. The van der Waals surface area contributed by atoms with Gasteiger partial charge in [-0.15, -0.1) is 0 Å². The second kappa shape index (κ2) is 4.69. The van der Waals surface area contributed by atoms with E-state index in [0.717, 1.165) is 18.5 Å². The Morgan fingerprint density at radius 1 is 1.44 bits per heavy atom. The van der Waals surface area contributed by atoms with E-state index in [1.807, 2.05) is 7.05 Å². The van der Waals surface area contributed by atoms with E-state index in [2.05, 4.69) is 25.9 Å². The Labute approximate surface area is 114 Å². The van der Waals surface area contributed by atoms with Crippen LogP contribution in [0.25, 0.3) is 0 Å². The molecule has 0 N–H and O–H groups in total. The van der Waals surface area contributed by atoms with E-state index in [0.29, 0.717) is 23.1 Å². The van der Waals surface area contributed by atoms with Crippen molar-refractivity contribution in [3.8, 4) is 0 Å². The van der Waals surface area contributed by atoms with Crippen molar-refractivity contribution >= 4 is 17.4 Å². The summed E-state index contributed by atoms with van der Waals surface area (Å²) in [5.41, 5.74) is 0.719. The van der Waals surface area contributed by atoms with E-state index in [9.17, 15) is 4.79 Å². The van der Waals surface area contributed by atoms with Gasteiger partial charge in [-0.2, -0.15) is 5.10 Å². The number of nitrogens with zero attached hydrogens (tertiary/aromatic N) is 2. The largest absolute Gasteiger partial charge is 0.299 e. The van der Waals surface area contributed by atoms with Crippen LogP contribution >= 0.6 is 11.6 Å². The highest BCUT2D eigenvalue weighted by Crippen LogP contribution is 2.42. The van der Waals surface area contributed by atoms with Gasteiger partial charge < -0.3 is 0 Å². The molecule has 0 bridgehead atoms. The molecule has 100 valence electrons. The second-order valence-electron chi connectivity index (χ2n) is 6.09. The number of rotatable bonds is 2. The Bertz CT molecular complexity index is 445. The molecule has 1 aromatic heterocycles. The molecule has 1 aromatic rings. The Hall–Kier alpha value is -0.830. The van der Waals surface area contributed by atoms with Crippen LogP contribution in [0.4, 0.5) is 0 Å². The molecule has 1 aliphatic carbocycles. The number of hydrogen-bond donors (Lipinski definition) is 0. The smallest absolute Gasteiger partial charge is 0.137 e. The minimum Gasteiger partial charge on any atom is -0.299 e. The molecule has 18 heavy (non-hydrogen) atoms. The first-order valence-corrected chi connectivity index (χ1v) is 6.92. The molecule has 0 radical (unpaired) electrons. The Kier molecular flexibility index (Phi) is 3.54. The summed E-state index contributed by atoms with van der Waals surface area (Å²) in [4.78, 5) is 12.3. The molecule has 1 saturated carbocycles. The normalized spacial score (nSPS) is 25.5. The average molecular weight is 269 g/mol. The van der Waals surface area contributed by atoms with Crippen LogP contribution in [0.15, 0.2) is 6.20 Å². The number of aryl methyl sites for hydroxylation is 1. The van der Waals surface area contributed by atoms with E-state index < -0.39 is 0 Å². The maximum atomic E-state index is 12.3. The molecule has 2 rings (SSSR count). The molecule has 0 amide bonds. The van der Waals surface area contributed by atoms with Gasteiger partial charge in [0.2, 0.25) is 0 Å². The van der Waals surface area contributed by atoms with E-state index >= 15 is 0 Å². The van der Waals surface area contributed by atoms with Gasteiger partial charge in [0.05, 0.1) is 16.9 Å². The van der Waals surface area contributed by atoms with Gasteiger partial charge in [-0.3, -0.25) is 9.48 Å². The summed E-state index contributed by atoms with van der Waals surface area (Å²) in [6.45, 7) is 6.36. The van der Waals surface area contributed by atoms with Crippen LogP contribution in [-0.4, -0.2) is 15.6 Å². The summed E-state index contributed by atoms with van der Waals surface area (Å²) >= 11 is 6.23. The van der Waals surface area contributed by atoms with Crippen LogP contribution in [0.5, 0.6) is 0 Å². The molecule has 4 heteroatoms. The lowest BCUT2D eigenvalue weighted by Crippen LogP contribution is -2.39. The summed E-state index contributed by atoms with van der Waals surface area (Å²) < 4.78 is 1.80.